The number of imidazole rings is 1. The average molecular weight is 407 g/mol. The largest absolute Gasteiger partial charge is 0.423 e. The fourth-order valence-electron chi connectivity index (χ4n) is 3.56. The van der Waals surface area contributed by atoms with Crippen molar-refractivity contribution in [1.29, 1.82) is 0 Å². The number of rotatable bonds is 6. The standard InChI is InChI=1S/C21H24F3N3O2/c1-13(2)16-9-17-15(8-20(28)29-18(17)7-14(16)3)10-26(4)11-19-25-5-6-27(19)12-21(22,23)24/h5-9,13H,10-12H2,1-4H3. The molecule has 0 atom stereocenters. The molecule has 2 heterocycles. The van der Waals surface area contributed by atoms with Gasteiger partial charge in [0.2, 0.25) is 0 Å². The van der Waals surface area contributed by atoms with Crippen LogP contribution in [0.5, 0.6) is 0 Å². The van der Waals surface area contributed by atoms with E-state index in [0.29, 0.717) is 23.9 Å². The van der Waals surface area contributed by atoms with Gasteiger partial charge in [-0.25, -0.2) is 9.78 Å². The Hall–Kier alpha value is -2.61. The van der Waals surface area contributed by atoms with E-state index in [2.05, 4.69) is 18.8 Å². The molecule has 0 unspecified atom stereocenters. The van der Waals surface area contributed by atoms with Gasteiger partial charge in [-0.3, -0.25) is 4.90 Å². The van der Waals surface area contributed by atoms with Crippen LogP contribution in [-0.4, -0.2) is 27.7 Å². The molecule has 0 amide bonds. The van der Waals surface area contributed by atoms with Crippen molar-refractivity contribution < 1.29 is 17.6 Å². The van der Waals surface area contributed by atoms with E-state index in [-0.39, 0.29) is 6.54 Å². The second-order valence-electron chi connectivity index (χ2n) is 7.71. The SMILES string of the molecule is Cc1cc2oc(=O)cc(CN(C)Cc3nccn3CC(F)(F)F)c2cc1C(C)C. The summed E-state index contributed by atoms with van der Waals surface area (Å²) in [5.41, 5.74) is 3.05. The van der Waals surface area contributed by atoms with Gasteiger partial charge >= 0.3 is 11.8 Å². The van der Waals surface area contributed by atoms with Crippen molar-refractivity contribution in [3.05, 3.63) is 63.5 Å². The number of aromatic nitrogens is 2. The first-order valence-electron chi connectivity index (χ1n) is 9.36. The molecular formula is C21H24F3N3O2. The van der Waals surface area contributed by atoms with E-state index >= 15 is 0 Å². The number of halogens is 3. The Morgan fingerprint density at radius 2 is 1.93 bits per heavy atom. The average Bonchev–Trinajstić information content (AvgIpc) is 2.98. The Bertz CT molecular complexity index is 1070. The van der Waals surface area contributed by atoms with Crippen molar-refractivity contribution in [3.8, 4) is 0 Å². The van der Waals surface area contributed by atoms with Crippen LogP contribution in [0.3, 0.4) is 0 Å². The zero-order valence-corrected chi connectivity index (χ0v) is 16.9. The molecule has 2 aromatic heterocycles. The predicted octanol–water partition coefficient (Wildman–Crippen LogP) is 4.62. The summed E-state index contributed by atoms with van der Waals surface area (Å²) in [4.78, 5) is 17.9. The minimum absolute atomic E-state index is 0.216. The molecule has 0 saturated carbocycles. The first-order chi connectivity index (χ1) is 13.5. The number of alkyl halides is 3. The van der Waals surface area contributed by atoms with Crippen LogP contribution >= 0.6 is 0 Å². The van der Waals surface area contributed by atoms with Gasteiger partial charge < -0.3 is 8.98 Å². The molecule has 0 aliphatic carbocycles. The topological polar surface area (TPSA) is 51.3 Å². The summed E-state index contributed by atoms with van der Waals surface area (Å²) in [5, 5.41) is 0.837. The summed E-state index contributed by atoms with van der Waals surface area (Å²) in [7, 11) is 1.78. The first kappa shape index (κ1) is 21.1. The summed E-state index contributed by atoms with van der Waals surface area (Å²) in [6.45, 7) is 5.69. The second-order valence-corrected chi connectivity index (χ2v) is 7.71. The van der Waals surface area contributed by atoms with E-state index in [1.54, 1.807) is 7.05 Å². The van der Waals surface area contributed by atoms with Crippen molar-refractivity contribution in [3.63, 3.8) is 0 Å². The lowest BCUT2D eigenvalue weighted by Crippen LogP contribution is -2.24. The highest BCUT2D eigenvalue weighted by Crippen LogP contribution is 2.27. The molecule has 0 spiro atoms. The van der Waals surface area contributed by atoms with Gasteiger partial charge in [-0.15, -0.1) is 0 Å². The molecule has 156 valence electrons. The van der Waals surface area contributed by atoms with Crippen LogP contribution in [0.2, 0.25) is 0 Å². The highest BCUT2D eigenvalue weighted by molar-refractivity contribution is 5.82. The fourth-order valence-corrected chi connectivity index (χ4v) is 3.56. The monoisotopic (exact) mass is 407 g/mol. The van der Waals surface area contributed by atoms with Crippen molar-refractivity contribution in [2.24, 2.45) is 0 Å². The van der Waals surface area contributed by atoms with Crippen LogP contribution in [0.4, 0.5) is 13.2 Å². The van der Waals surface area contributed by atoms with Gasteiger partial charge in [0.05, 0.1) is 6.54 Å². The number of aryl methyl sites for hydroxylation is 1. The van der Waals surface area contributed by atoms with Crippen LogP contribution in [0.25, 0.3) is 11.0 Å². The fraction of sp³-hybridized carbons (Fsp3) is 0.429. The Kier molecular flexibility index (Phi) is 5.84. The lowest BCUT2D eigenvalue weighted by Gasteiger charge is -2.19. The van der Waals surface area contributed by atoms with Crippen LogP contribution in [-0.2, 0) is 19.6 Å². The van der Waals surface area contributed by atoms with E-state index in [1.165, 1.54) is 18.5 Å². The number of hydrogen-bond acceptors (Lipinski definition) is 4. The smallest absolute Gasteiger partial charge is 0.406 e. The number of fused-ring (bicyclic) bond motifs is 1. The van der Waals surface area contributed by atoms with Crippen molar-refractivity contribution in [2.45, 2.75) is 52.5 Å². The number of nitrogens with zero attached hydrogens (tertiary/aromatic N) is 3. The Morgan fingerprint density at radius 1 is 1.21 bits per heavy atom. The maximum absolute atomic E-state index is 12.7. The number of hydrogen-bond donors (Lipinski definition) is 0. The molecule has 0 aliphatic rings. The third-order valence-electron chi connectivity index (χ3n) is 4.84. The first-order valence-corrected chi connectivity index (χ1v) is 9.36. The van der Waals surface area contributed by atoms with E-state index in [9.17, 15) is 18.0 Å². The zero-order valence-electron chi connectivity index (χ0n) is 16.9. The molecule has 29 heavy (non-hydrogen) atoms. The van der Waals surface area contributed by atoms with E-state index < -0.39 is 18.3 Å². The van der Waals surface area contributed by atoms with Gasteiger partial charge in [0.1, 0.15) is 18.0 Å². The van der Waals surface area contributed by atoms with Gasteiger partial charge in [-0.2, -0.15) is 13.2 Å². The Labute approximate surface area is 166 Å². The van der Waals surface area contributed by atoms with Gasteiger partial charge in [0.15, 0.2) is 0 Å². The minimum Gasteiger partial charge on any atom is -0.423 e. The molecule has 8 heteroatoms. The molecule has 0 N–H and O–H groups in total. The summed E-state index contributed by atoms with van der Waals surface area (Å²) >= 11 is 0. The van der Waals surface area contributed by atoms with Gasteiger partial charge in [0, 0.05) is 30.4 Å². The quantitative estimate of drug-likeness (QED) is 0.560. The van der Waals surface area contributed by atoms with E-state index in [4.69, 9.17) is 4.42 Å². The number of benzene rings is 1. The lowest BCUT2D eigenvalue weighted by atomic mass is 9.95. The van der Waals surface area contributed by atoms with Crippen molar-refractivity contribution in [2.75, 3.05) is 7.05 Å². The molecule has 0 saturated heterocycles. The molecule has 0 radical (unpaired) electrons. The highest BCUT2D eigenvalue weighted by Gasteiger charge is 2.29. The van der Waals surface area contributed by atoms with E-state index in [0.717, 1.165) is 26.6 Å². The molecule has 0 bridgehead atoms. The van der Waals surface area contributed by atoms with Gasteiger partial charge in [0.25, 0.3) is 0 Å². The van der Waals surface area contributed by atoms with Gasteiger partial charge in [-0.05, 0) is 48.7 Å². The molecule has 0 fully saturated rings. The normalized spacial score (nSPS) is 12.4. The summed E-state index contributed by atoms with van der Waals surface area (Å²) in [6.07, 6.45) is -1.63. The maximum Gasteiger partial charge on any atom is 0.406 e. The summed E-state index contributed by atoms with van der Waals surface area (Å²) in [6, 6.07) is 5.35. The minimum atomic E-state index is -4.31. The third kappa shape index (κ3) is 5.06. The van der Waals surface area contributed by atoms with E-state index in [1.807, 2.05) is 24.0 Å². The summed E-state index contributed by atoms with van der Waals surface area (Å²) in [5.74, 6) is 0.627. The van der Waals surface area contributed by atoms with Crippen LogP contribution in [0, 0.1) is 6.92 Å². The predicted molar refractivity (Wildman–Crippen MR) is 105 cm³/mol. The second kappa shape index (κ2) is 8.02. The molecule has 3 aromatic rings. The molecule has 5 nitrogen and oxygen atoms in total. The van der Waals surface area contributed by atoms with Crippen LogP contribution in [0.1, 0.15) is 42.3 Å². The molecule has 1 aromatic carbocycles. The Balaban J connectivity index is 1.89. The van der Waals surface area contributed by atoms with Crippen LogP contribution < -0.4 is 5.63 Å². The Morgan fingerprint density at radius 3 is 2.59 bits per heavy atom. The molecule has 3 rings (SSSR count). The molecular weight excluding hydrogens is 383 g/mol. The summed E-state index contributed by atoms with van der Waals surface area (Å²) < 4.78 is 44.6. The van der Waals surface area contributed by atoms with Crippen molar-refractivity contribution >= 4 is 11.0 Å². The van der Waals surface area contributed by atoms with Gasteiger partial charge in [-0.1, -0.05) is 13.8 Å². The van der Waals surface area contributed by atoms with Crippen LogP contribution in [0.15, 0.2) is 39.8 Å². The van der Waals surface area contributed by atoms with Crippen molar-refractivity contribution in [1.82, 2.24) is 14.5 Å². The third-order valence-corrected chi connectivity index (χ3v) is 4.84. The maximum atomic E-state index is 12.7. The highest BCUT2D eigenvalue weighted by atomic mass is 19.4. The zero-order chi connectivity index (χ0) is 21.3. The lowest BCUT2D eigenvalue weighted by molar-refractivity contribution is -0.141. The molecule has 0 aliphatic heterocycles.